The molecule has 7 nitrogen and oxygen atoms in total. The highest BCUT2D eigenvalue weighted by Gasteiger charge is 2.26. The summed E-state index contributed by atoms with van der Waals surface area (Å²) in [5.74, 6) is 0.233. The molecule has 0 unspecified atom stereocenters. The first kappa shape index (κ1) is 22.0. The van der Waals surface area contributed by atoms with Gasteiger partial charge in [0.1, 0.15) is 6.10 Å². The molecule has 3 aromatic rings. The van der Waals surface area contributed by atoms with Gasteiger partial charge in [-0.1, -0.05) is 37.6 Å². The second-order valence-corrected chi connectivity index (χ2v) is 9.68. The minimum atomic E-state index is 0.0230. The van der Waals surface area contributed by atoms with Gasteiger partial charge in [-0.2, -0.15) is 4.98 Å². The molecule has 2 aliphatic heterocycles. The summed E-state index contributed by atoms with van der Waals surface area (Å²) in [5.41, 5.74) is 4.26. The fourth-order valence-corrected chi connectivity index (χ4v) is 4.94. The van der Waals surface area contributed by atoms with Crippen LogP contribution in [0.25, 0.3) is 22.4 Å². The van der Waals surface area contributed by atoms with E-state index in [4.69, 9.17) is 21.3 Å². The third-order valence-corrected chi connectivity index (χ3v) is 6.83. The average molecular weight is 468 g/mol. The molecule has 33 heavy (non-hydrogen) atoms. The molecule has 0 spiro atoms. The van der Waals surface area contributed by atoms with Gasteiger partial charge in [-0.15, -0.1) is 0 Å². The number of anilines is 1. The molecule has 174 valence electrons. The lowest BCUT2D eigenvalue weighted by Gasteiger charge is -2.32. The molecule has 1 aromatic carbocycles. The number of rotatable bonds is 5. The summed E-state index contributed by atoms with van der Waals surface area (Å²) in [6, 6.07) is 10.7. The first-order valence-corrected chi connectivity index (χ1v) is 12.2. The van der Waals surface area contributed by atoms with Crippen molar-refractivity contribution in [3.8, 4) is 17.3 Å². The van der Waals surface area contributed by atoms with Crippen molar-refractivity contribution in [2.75, 3.05) is 31.1 Å². The number of likely N-dealkylation sites (tertiary alicyclic amines) is 1. The van der Waals surface area contributed by atoms with Crippen LogP contribution in [-0.4, -0.2) is 58.0 Å². The summed E-state index contributed by atoms with van der Waals surface area (Å²) in [6.07, 6.45) is 4.11. The van der Waals surface area contributed by atoms with Crippen molar-refractivity contribution >= 4 is 34.4 Å². The minimum absolute atomic E-state index is 0.0230. The van der Waals surface area contributed by atoms with Crippen LogP contribution < -0.4 is 9.64 Å². The van der Waals surface area contributed by atoms with Gasteiger partial charge in [0.15, 0.2) is 5.65 Å². The van der Waals surface area contributed by atoms with Gasteiger partial charge in [0.2, 0.25) is 5.91 Å². The second-order valence-electron chi connectivity index (χ2n) is 9.27. The zero-order valence-electron chi connectivity index (χ0n) is 19.2. The minimum Gasteiger partial charge on any atom is -0.461 e. The Labute approximate surface area is 199 Å². The number of nitrogens with zero attached hydrogens (tertiary/aromatic N) is 4. The Kier molecular flexibility index (Phi) is 6.15. The van der Waals surface area contributed by atoms with E-state index in [2.05, 4.69) is 39.1 Å². The molecule has 2 fully saturated rings. The molecule has 0 bridgehead atoms. The summed E-state index contributed by atoms with van der Waals surface area (Å²) in [4.78, 5) is 29.0. The number of pyridine rings is 1. The zero-order valence-corrected chi connectivity index (χ0v) is 19.9. The molecule has 8 heteroatoms. The number of carbonyl (C=O) groups excluding carboxylic acids is 1. The summed E-state index contributed by atoms with van der Waals surface area (Å²) in [7, 11) is 0. The van der Waals surface area contributed by atoms with Gasteiger partial charge in [-0.25, -0.2) is 4.98 Å². The van der Waals surface area contributed by atoms with E-state index in [0.717, 1.165) is 42.7 Å². The number of ether oxygens (including phenoxy) is 1. The van der Waals surface area contributed by atoms with Gasteiger partial charge in [-0.3, -0.25) is 4.79 Å². The molecule has 1 N–H and O–H groups in total. The molecular formula is C25H30ClN5O2. The molecule has 5 rings (SSSR count). The van der Waals surface area contributed by atoms with Crippen molar-refractivity contribution in [1.82, 2.24) is 19.9 Å². The fourth-order valence-electron chi connectivity index (χ4n) is 4.68. The van der Waals surface area contributed by atoms with E-state index in [1.165, 1.54) is 18.5 Å². The molecule has 4 heterocycles. The Balaban J connectivity index is 1.29. The standard InChI is InChI=1S/C25H30ClN5O2/c1-16(2)24(32)31-13-9-19(10-14-31)33-25-27-21-15-20(26)22(28-23(21)29-25)17-5-7-18(8-6-17)30-11-3-4-12-30/h5-8,15-16,19H,3-4,9-14H2,1-2H3,(H,27,28,29). The lowest BCUT2D eigenvalue weighted by atomic mass is 10.1. The SMILES string of the molecule is CC(C)C(=O)N1CCC(Oc2nc3nc(-c4ccc(N5CCCC5)cc4)c(Cl)cc3[nH]2)CC1. The van der Waals surface area contributed by atoms with E-state index in [9.17, 15) is 4.79 Å². The van der Waals surface area contributed by atoms with Crippen LogP contribution in [0.4, 0.5) is 5.69 Å². The van der Waals surface area contributed by atoms with E-state index in [1.54, 1.807) is 0 Å². The van der Waals surface area contributed by atoms with Gasteiger partial charge >= 0.3 is 0 Å². The van der Waals surface area contributed by atoms with E-state index in [1.807, 2.05) is 24.8 Å². The highest BCUT2D eigenvalue weighted by atomic mass is 35.5. The Bertz CT molecular complexity index is 1130. The number of amides is 1. The van der Waals surface area contributed by atoms with Crippen molar-refractivity contribution in [2.45, 2.75) is 45.6 Å². The van der Waals surface area contributed by atoms with E-state index < -0.39 is 0 Å². The molecule has 2 saturated heterocycles. The maximum atomic E-state index is 12.2. The highest BCUT2D eigenvalue weighted by Crippen LogP contribution is 2.31. The number of aromatic amines is 1. The Morgan fingerprint density at radius 1 is 1.09 bits per heavy atom. The number of hydrogen-bond acceptors (Lipinski definition) is 5. The van der Waals surface area contributed by atoms with Crippen LogP contribution in [0.3, 0.4) is 0 Å². The van der Waals surface area contributed by atoms with Gasteiger partial charge in [-0.05, 0) is 31.0 Å². The third kappa shape index (κ3) is 4.64. The Hall–Kier alpha value is -2.80. The predicted octanol–water partition coefficient (Wildman–Crippen LogP) is 4.90. The molecule has 0 radical (unpaired) electrons. The van der Waals surface area contributed by atoms with Crippen LogP contribution in [0, 0.1) is 5.92 Å². The summed E-state index contributed by atoms with van der Waals surface area (Å²) >= 11 is 6.58. The van der Waals surface area contributed by atoms with Crippen molar-refractivity contribution in [3.05, 3.63) is 35.4 Å². The van der Waals surface area contributed by atoms with Gasteiger partial charge in [0, 0.05) is 56.2 Å². The number of fused-ring (bicyclic) bond motifs is 1. The number of benzene rings is 1. The summed E-state index contributed by atoms with van der Waals surface area (Å²) in [5, 5.41) is 0.576. The Morgan fingerprint density at radius 3 is 2.45 bits per heavy atom. The predicted molar refractivity (Wildman–Crippen MR) is 131 cm³/mol. The highest BCUT2D eigenvalue weighted by molar-refractivity contribution is 6.33. The van der Waals surface area contributed by atoms with Gasteiger partial charge in [0.05, 0.1) is 16.2 Å². The molecule has 1 amide bonds. The lowest BCUT2D eigenvalue weighted by Crippen LogP contribution is -2.43. The zero-order chi connectivity index (χ0) is 22.9. The van der Waals surface area contributed by atoms with Crippen LogP contribution in [0.5, 0.6) is 6.01 Å². The second kappa shape index (κ2) is 9.21. The number of halogens is 1. The smallest absolute Gasteiger partial charge is 0.296 e. The largest absolute Gasteiger partial charge is 0.461 e. The van der Waals surface area contributed by atoms with Crippen LogP contribution >= 0.6 is 11.6 Å². The lowest BCUT2D eigenvalue weighted by molar-refractivity contribution is -0.136. The van der Waals surface area contributed by atoms with E-state index in [0.29, 0.717) is 29.8 Å². The molecule has 0 aliphatic carbocycles. The number of carbonyl (C=O) groups is 1. The maximum absolute atomic E-state index is 12.2. The number of hydrogen-bond donors (Lipinski definition) is 1. The fraction of sp³-hybridized carbons (Fsp3) is 0.480. The summed E-state index contributed by atoms with van der Waals surface area (Å²) in [6.45, 7) is 7.54. The number of imidazole rings is 1. The Morgan fingerprint density at radius 2 is 1.79 bits per heavy atom. The van der Waals surface area contributed by atoms with Crippen LogP contribution in [0.15, 0.2) is 30.3 Å². The van der Waals surface area contributed by atoms with Gasteiger partial charge < -0.3 is 19.5 Å². The van der Waals surface area contributed by atoms with Crippen LogP contribution in [0.1, 0.15) is 39.5 Å². The number of H-pyrrole nitrogens is 1. The van der Waals surface area contributed by atoms with Crippen molar-refractivity contribution in [3.63, 3.8) is 0 Å². The third-order valence-electron chi connectivity index (χ3n) is 6.54. The molecule has 0 saturated carbocycles. The van der Waals surface area contributed by atoms with E-state index in [-0.39, 0.29) is 17.9 Å². The topological polar surface area (TPSA) is 74.4 Å². The van der Waals surface area contributed by atoms with Crippen molar-refractivity contribution < 1.29 is 9.53 Å². The molecule has 2 aliphatic rings. The first-order chi connectivity index (χ1) is 16.0. The van der Waals surface area contributed by atoms with E-state index >= 15 is 0 Å². The first-order valence-electron chi connectivity index (χ1n) is 11.8. The quantitative estimate of drug-likeness (QED) is 0.577. The van der Waals surface area contributed by atoms with Crippen molar-refractivity contribution in [1.29, 1.82) is 0 Å². The normalized spacial score (nSPS) is 17.3. The molecule has 2 aromatic heterocycles. The maximum Gasteiger partial charge on any atom is 0.296 e. The van der Waals surface area contributed by atoms with Crippen molar-refractivity contribution in [2.24, 2.45) is 5.92 Å². The average Bonchev–Trinajstić information content (AvgIpc) is 3.48. The number of aromatic nitrogens is 3. The monoisotopic (exact) mass is 467 g/mol. The van der Waals surface area contributed by atoms with Gasteiger partial charge in [0.25, 0.3) is 6.01 Å². The number of nitrogens with one attached hydrogen (secondary N) is 1. The molecular weight excluding hydrogens is 438 g/mol. The molecule has 0 atom stereocenters. The summed E-state index contributed by atoms with van der Waals surface area (Å²) < 4.78 is 6.09. The number of piperidine rings is 1. The van der Waals surface area contributed by atoms with Crippen LogP contribution in [0.2, 0.25) is 5.02 Å². The van der Waals surface area contributed by atoms with Crippen LogP contribution in [-0.2, 0) is 4.79 Å².